The Morgan fingerprint density at radius 3 is 1.31 bits per heavy atom. The fourth-order valence-electron chi connectivity index (χ4n) is 10.6. The molecule has 2 saturated carbocycles. The van der Waals surface area contributed by atoms with Crippen molar-refractivity contribution in [3.05, 3.63) is 217 Å². The minimum absolute atomic E-state index is 0. The summed E-state index contributed by atoms with van der Waals surface area (Å²) in [6.45, 7) is 13.0. The number of hydrogen-bond donors (Lipinski definition) is 0. The Balaban J connectivity index is 0.000000192. The van der Waals surface area contributed by atoms with Crippen LogP contribution in [-0.2, 0) is 20.2 Å². The van der Waals surface area contributed by atoms with Gasteiger partial charge >= 0.3 is 14.7 Å². The zero-order valence-electron chi connectivity index (χ0n) is 54.4. The highest BCUT2D eigenvalue weighted by Gasteiger charge is 2.50. The lowest BCUT2D eigenvalue weighted by Gasteiger charge is -2.32. The van der Waals surface area contributed by atoms with Crippen LogP contribution in [0.1, 0.15) is 111 Å². The Hall–Kier alpha value is -7.91. The van der Waals surface area contributed by atoms with Gasteiger partial charge in [0.05, 0.1) is 21.0 Å². The molecule has 12 rings (SSSR count). The van der Waals surface area contributed by atoms with Crippen molar-refractivity contribution in [2.24, 2.45) is 11.8 Å². The van der Waals surface area contributed by atoms with Gasteiger partial charge in [0.1, 0.15) is 70.8 Å². The first-order valence-corrected chi connectivity index (χ1v) is 34.0. The molecule has 0 bridgehead atoms. The summed E-state index contributed by atoms with van der Waals surface area (Å²) in [5, 5.41) is 0. The second-order valence-electron chi connectivity index (χ2n) is 24.2. The number of benzene rings is 6. The summed E-state index contributed by atoms with van der Waals surface area (Å²) in [7, 11) is -4.82. The normalized spacial score (nSPS) is 16.3. The van der Waals surface area contributed by atoms with Crippen molar-refractivity contribution >= 4 is 43.4 Å². The van der Waals surface area contributed by atoms with Gasteiger partial charge in [-0.2, -0.15) is 0 Å². The van der Waals surface area contributed by atoms with E-state index >= 15 is 0 Å². The fraction of sp³-hybridized carbons (Fsp3) is 0.324. The molecule has 0 radical (unpaired) electrons. The summed E-state index contributed by atoms with van der Waals surface area (Å²) in [6.07, 6.45) is 23.6. The number of ether oxygens (including phenoxy) is 6. The first-order chi connectivity index (χ1) is 45.7. The van der Waals surface area contributed by atoms with Crippen LogP contribution in [0.25, 0.3) is 6.08 Å². The van der Waals surface area contributed by atoms with E-state index in [1.807, 2.05) is 80.6 Å². The number of hydrogen-bond acceptors (Lipinski definition) is 11. The maximum absolute atomic E-state index is 14.3. The minimum atomic E-state index is -3.67. The second kappa shape index (κ2) is 35.9. The van der Waals surface area contributed by atoms with Crippen LogP contribution in [0, 0.1) is 35.1 Å². The van der Waals surface area contributed by atoms with Crippen LogP contribution in [-0.4, -0.2) is 61.3 Å². The monoisotopic (exact) mass is 1360 g/mol. The molecule has 2 aromatic heterocycles. The average Bonchev–Trinajstić information content (AvgIpc) is 0.896. The van der Waals surface area contributed by atoms with Crippen LogP contribution in [0.2, 0.25) is 0 Å². The molecule has 2 aliphatic heterocycles. The van der Waals surface area contributed by atoms with Crippen LogP contribution < -0.4 is 33.1 Å². The van der Waals surface area contributed by atoms with E-state index in [9.17, 15) is 30.5 Å². The molecule has 4 aliphatic rings. The molecule has 96 heavy (non-hydrogen) atoms. The van der Waals surface area contributed by atoms with Gasteiger partial charge in [0.2, 0.25) is 11.8 Å². The first-order valence-electron chi connectivity index (χ1n) is 31.9. The molecular formula is C74H78B2F8N2O8S2. The third-order valence-corrected chi connectivity index (χ3v) is 19.9. The zero-order valence-corrected chi connectivity index (χ0v) is 56.1. The van der Waals surface area contributed by atoms with Crippen LogP contribution >= 0.6 is 11.8 Å². The average molecular weight is 1360 g/mol. The summed E-state index contributed by atoms with van der Waals surface area (Å²) in [5.41, 5.74) is 0.789. The van der Waals surface area contributed by atoms with Gasteiger partial charge in [0.15, 0.2) is 38.0 Å². The topological polar surface area (TPSA) is 99.6 Å². The van der Waals surface area contributed by atoms with Crippen molar-refractivity contribution in [1.82, 2.24) is 9.97 Å². The maximum atomic E-state index is 14.3. The lowest BCUT2D eigenvalue weighted by molar-refractivity contribution is -0.0000301. The molecule has 0 spiro atoms. The predicted molar refractivity (Wildman–Crippen MR) is 361 cm³/mol. The van der Waals surface area contributed by atoms with E-state index in [0.29, 0.717) is 66.7 Å². The fourth-order valence-corrected chi connectivity index (χ4v) is 14.4. The highest BCUT2D eigenvalue weighted by Crippen LogP contribution is 2.50. The SMILES string of the molecule is CC(COc1ccc(Oc2ccc(/C=C/C3CCCCC3)cc2)cc1)Oc1ccccn1.CC(COc1ccc(Oc2ccc([S+]3c4cc(F)c(F)cc4Sc4cc(F)c(F)cc43)cc2)cc1)Oc1ccccn1.CC1(C)OB(/C=C/C2CCCCC2)OC1(C)C.FB(F)F.[F-]. The largest absolute Gasteiger partial charge is 1.00 e. The van der Waals surface area contributed by atoms with E-state index in [0.717, 1.165) is 65.1 Å². The number of rotatable bonds is 19. The molecular weight excluding hydrogens is 1280 g/mol. The van der Waals surface area contributed by atoms with Crippen molar-refractivity contribution in [2.45, 2.75) is 154 Å². The van der Waals surface area contributed by atoms with Crippen molar-refractivity contribution in [3.63, 3.8) is 0 Å². The van der Waals surface area contributed by atoms with Gasteiger partial charge in [-0.15, -0.1) is 0 Å². The molecule has 4 heterocycles. The van der Waals surface area contributed by atoms with E-state index in [4.69, 9.17) is 37.7 Å². The van der Waals surface area contributed by atoms with E-state index in [-0.39, 0.29) is 35.2 Å². The Morgan fingerprint density at radius 2 is 0.906 bits per heavy atom. The van der Waals surface area contributed by atoms with Crippen LogP contribution in [0.15, 0.2) is 213 Å². The number of nitrogens with zero attached hydrogens (tertiary/aromatic N) is 2. The summed E-state index contributed by atoms with van der Waals surface area (Å²) in [5.74, 6) is 4.88. The van der Waals surface area contributed by atoms with Crippen molar-refractivity contribution in [3.8, 4) is 46.3 Å². The molecule has 2 aliphatic carbocycles. The molecule has 1 saturated heterocycles. The molecule has 6 aromatic carbocycles. The highest BCUT2D eigenvalue weighted by atomic mass is 32.2. The zero-order chi connectivity index (χ0) is 67.3. The molecule has 3 fully saturated rings. The van der Waals surface area contributed by atoms with Crippen molar-refractivity contribution in [1.29, 1.82) is 0 Å². The maximum Gasteiger partial charge on any atom is 0.762 e. The van der Waals surface area contributed by atoms with Gasteiger partial charge in [-0.1, -0.05) is 98.8 Å². The van der Waals surface area contributed by atoms with Gasteiger partial charge in [-0.3, -0.25) is 12.9 Å². The number of aromatic nitrogens is 2. The van der Waals surface area contributed by atoms with Crippen molar-refractivity contribution < 1.29 is 72.9 Å². The van der Waals surface area contributed by atoms with Crippen LogP contribution in [0.5, 0.6) is 46.3 Å². The van der Waals surface area contributed by atoms with Gasteiger partial charge in [0, 0.05) is 36.7 Å². The smallest absolute Gasteiger partial charge is 0.762 e. The van der Waals surface area contributed by atoms with Crippen LogP contribution in [0.3, 0.4) is 0 Å². The quantitative estimate of drug-likeness (QED) is 0.0440. The second-order valence-corrected chi connectivity index (χ2v) is 27.3. The summed E-state index contributed by atoms with van der Waals surface area (Å²) in [4.78, 5) is 10.9. The third-order valence-electron chi connectivity index (χ3n) is 16.3. The molecule has 2 atom stereocenters. The molecule has 0 amide bonds. The van der Waals surface area contributed by atoms with Crippen LogP contribution in [0.4, 0.5) is 30.5 Å². The molecule has 8 aromatic rings. The third kappa shape index (κ3) is 22.3. The lowest BCUT2D eigenvalue weighted by Crippen LogP contribution is -3.00. The summed E-state index contributed by atoms with van der Waals surface area (Å²) >= 11 is 1.09. The molecule has 506 valence electrons. The Kier molecular flexibility index (Phi) is 27.6. The van der Waals surface area contributed by atoms with E-state index < -0.39 is 41.7 Å². The van der Waals surface area contributed by atoms with Gasteiger partial charge < -0.3 is 42.4 Å². The first kappa shape index (κ1) is 73.9. The minimum Gasteiger partial charge on any atom is -1.00 e. The summed E-state index contributed by atoms with van der Waals surface area (Å²) < 4.78 is 133. The molecule has 22 heteroatoms. The Bertz CT molecular complexity index is 3650. The predicted octanol–water partition coefficient (Wildman–Crippen LogP) is 17.8. The number of pyridine rings is 2. The van der Waals surface area contributed by atoms with Crippen molar-refractivity contribution in [2.75, 3.05) is 13.2 Å². The molecule has 0 N–H and O–H groups in total. The number of allylic oxidation sites excluding steroid dienone is 2. The molecule has 2 unspecified atom stereocenters. The Morgan fingerprint density at radius 1 is 0.531 bits per heavy atom. The van der Waals surface area contributed by atoms with Gasteiger partial charge in [0.25, 0.3) is 0 Å². The Labute approximate surface area is 565 Å². The van der Waals surface area contributed by atoms with E-state index in [2.05, 4.69) is 74.0 Å². The number of fused-ring (bicyclic) bond motifs is 2. The molecule has 10 nitrogen and oxygen atoms in total. The lowest BCUT2D eigenvalue weighted by atomic mass is 9.83. The van der Waals surface area contributed by atoms with E-state index in [1.54, 1.807) is 67.0 Å². The van der Waals surface area contributed by atoms with Gasteiger partial charge in [-0.05, 0) is 194 Å². The summed E-state index contributed by atoms with van der Waals surface area (Å²) in [6, 6.07) is 45.5. The van der Waals surface area contributed by atoms with Gasteiger partial charge in [-0.25, -0.2) is 27.5 Å². The highest BCUT2D eigenvalue weighted by molar-refractivity contribution is 8.04. The standard InChI is InChI=1S/C32H22F4NO3S2.C28H31NO3.C14H25BO2.BF3.FH/c1-19(39-32-4-2-3-13-37-32)18-38-20-5-7-21(8-6-20)40-22-9-11-23(12-10-22)42-30-16-26(35)24(33)14-28(30)41-29-15-25(34)27(36)17-31(29)42;1-22(31-28-9-5-6-20-29-28)21-30-25-16-18-27(19-17-25)32-26-14-12-24(13-15-26)11-10-23-7-3-2-4-8-23;1-13(2)14(3,4)17-15(16-13)11-10-12-8-6-5-7-9-12;2-1(3)4;/h2-17,19H,18H2,1H3;5-6,9-20,22-23H,2-4,7-8,21H2,1H3;10-12H,5-9H2,1-4H3;;1H/q+1;;;;/p-1/b;2*11-10+;;. The van der Waals surface area contributed by atoms with E-state index in [1.165, 1.54) is 69.8 Å². The number of halogens is 8.